The van der Waals surface area contributed by atoms with Gasteiger partial charge in [-0.3, -0.25) is 29.1 Å². The minimum absolute atomic E-state index is 0.00556. The fraction of sp³-hybridized carbons (Fsp3) is 0.541. The van der Waals surface area contributed by atoms with Crippen LogP contribution < -0.4 is 5.32 Å². The van der Waals surface area contributed by atoms with E-state index in [1.165, 1.54) is 11.0 Å². The second-order valence-corrected chi connectivity index (χ2v) is 14.2. The summed E-state index contributed by atoms with van der Waals surface area (Å²) in [5.74, 6) is -3.94. The minimum Gasteiger partial charge on any atom is -0.466 e. The normalized spacial score (nSPS) is 22.0. The highest BCUT2D eigenvalue weighted by Crippen LogP contribution is 2.38. The molecule has 1 atom stereocenters. The number of benzene rings is 2. The summed E-state index contributed by atoms with van der Waals surface area (Å²) in [4.78, 5) is 48.5. The third-order valence-electron chi connectivity index (χ3n) is 10.3. The first-order valence-corrected chi connectivity index (χ1v) is 18.3. The Morgan fingerprint density at radius 1 is 0.962 bits per heavy atom. The van der Waals surface area contributed by atoms with E-state index in [9.17, 15) is 27.6 Å². The molecular weight excluding hydrogens is 706 g/mol. The summed E-state index contributed by atoms with van der Waals surface area (Å²) in [5, 5.41) is 3.39. The van der Waals surface area contributed by atoms with Gasteiger partial charge in [0.15, 0.2) is 5.78 Å². The van der Waals surface area contributed by atoms with E-state index in [2.05, 4.69) is 10.3 Å². The van der Waals surface area contributed by atoms with Crippen LogP contribution in [0.5, 0.6) is 0 Å². The van der Waals surface area contributed by atoms with E-state index in [1.54, 1.807) is 30.2 Å². The number of piperazine rings is 1. The van der Waals surface area contributed by atoms with Gasteiger partial charge in [-0.25, -0.2) is 4.39 Å². The molecule has 0 radical (unpaired) electrons. The zero-order chi connectivity index (χ0) is 37.0. The van der Waals surface area contributed by atoms with Crippen LogP contribution in [0.2, 0.25) is 5.02 Å². The zero-order valence-electron chi connectivity index (χ0n) is 29.1. The number of hydrogen-bond donors (Lipinski definition) is 2. The average molecular weight is 750 g/mol. The number of para-hydroxylation sites is 1. The fourth-order valence-electron chi connectivity index (χ4n) is 7.72. The number of esters is 1. The molecule has 6 rings (SSSR count). The molecule has 15 heteroatoms. The molecule has 3 aromatic rings. The molecule has 2 saturated heterocycles. The molecule has 1 aliphatic carbocycles. The lowest BCUT2D eigenvalue weighted by Crippen LogP contribution is -2.71. The van der Waals surface area contributed by atoms with Crippen LogP contribution in [0.25, 0.3) is 10.9 Å². The number of nitrogens with one attached hydrogen (secondary N) is 2. The zero-order valence-corrected chi connectivity index (χ0v) is 29.8. The van der Waals surface area contributed by atoms with Gasteiger partial charge in [0, 0.05) is 62.8 Å². The Bertz CT molecular complexity index is 1750. The lowest BCUT2D eigenvalue weighted by molar-refractivity contribution is -0.262. The van der Waals surface area contributed by atoms with Crippen molar-refractivity contribution in [2.24, 2.45) is 5.92 Å². The fourth-order valence-corrected chi connectivity index (χ4v) is 7.95. The second kappa shape index (κ2) is 16.2. The maximum atomic E-state index is 15.9. The minimum atomic E-state index is -4.37. The van der Waals surface area contributed by atoms with E-state index in [0.29, 0.717) is 49.7 Å². The summed E-state index contributed by atoms with van der Waals surface area (Å²) in [6.45, 7) is 2.36. The van der Waals surface area contributed by atoms with Crippen molar-refractivity contribution in [3.63, 3.8) is 0 Å². The number of amides is 1. The number of carbonyl (C=O) groups is 3. The molecular formula is C37H44ClF4N5O5. The van der Waals surface area contributed by atoms with Crippen LogP contribution in [0, 0.1) is 11.7 Å². The van der Waals surface area contributed by atoms with E-state index in [1.807, 2.05) is 17.0 Å². The summed E-state index contributed by atoms with van der Waals surface area (Å²) in [5.41, 5.74) is 1.14. The predicted molar refractivity (Wildman–Crippen MR) is 187 cm³/mol. The molecule has 10 nitrogen and oxygen atoms in total. The molecule has 3 aliphatic rings. The van der Waals surface area contributed by atoms with Gasteiger partial charge in [-0.2, -0.15) is 13.2 Å². The van der Waals surface area contributed by atoms with Crippen molar-refractivity contribution < 1.29 is 41.4 Å². The van der Waals surface area contributed by atoms with E-state index in [-0.39, 0.29) is 60.9 Å². The SMILES string of the molecule is CCOC(=O)[C@H]1CC[C@H](OC(C(=O)Cc2cc(Cl)c(NC(=O)c3c[nH]c4ccccc34)cc2F)(N2CCCC2)N2CCN(CC(F)(F)F)CC2)CC1. The van der Waals surface area contributed by atoms with E-state index in [4.69, 9.17) is 21.1 Å². The quantitative estimate of drug-likeness (QED) is 0.162. The van der Waals surface area contributed by atoms with Crippen LogP contribution >= 0.6 is 11.6 Å². The number of likely N-dealkylation sites (tertiary alicyclic amines) is 1. The van der Waals surface area contributed by atoms with Crippen molar-refractivity contribution in [3.8, 4) is 0 Å². The van der Waals surface area contributed by atoms with Crippen molar-refractivity contribution in [1.29, 1.82) is 0 Å². The van der Waals surface area contributed by atoms with Crippen LogP contribution in [0.15, 0.2) is 42.6 Å². The number of nitrogens with zero attached hydrogens (tertiary/aromatic N) is 3. The third kappa shape index (κ3) is 8.46. The van der Waals surface area contributed by atoms with Gasteiger partial charge in [0.25, 0.3) is 5.91 Å². The Kier molecular flexibility index (Phi) is 11.9. The van der Waals surface area contributed by atoms with Gasteiger partial charge in [-0.05, 0) is 69.2 Å². The van der Waals surface area contributed by atoms with E-state index < -0.39 is 48.6 Å². The number of halogens is 5. The van der Waals surface area contributed by atoms with Crippen molar-refractivity contribution in [3.05, 3.63) is 64.6 Å². The topological polar surface area (TPSA) is 107 Å². The summed E-state index contributed by atoms with van der Waals surface area (Å²) in [6, 6.07) is 9.65. The van der Waals surface area contributed by atoms with Crippen molar-refractivity contribution >= 4 is 45.9 Å². The highest BCUT2D eigenvalue weighted by molar-refractivity contribution is 6.34. The molecule has 1 unspecified atom stereocenters. The highest BCUT2D eigenvalue weighted by Gasteiger charge is 2.53. The maximum Gasteiger partial charge on any atom is 0.401 e. The van der Waals surface area contributed by atoms with Gasteiger partial charge in [-0.15, -0.1) is 0 Å². The molecule has 2 aliphatic heterocycles. The van der Waals surface area contributed by atoms with Crippen LogP contribution in [0.4, 0.5) is 23.2 Å². The molecule has 2 aromatic carbocycles. The number of rotatable bonds is 12. The number of ketones is 1. The smallest absolute Gasteiger partial charge is 0.401 e. The molecule has 3 heterocycles. The molecule has 2 N–H and O–H groups in total. The first-order chi connectivity index (χ1) is 24.9. The molecule has 282 valence electrons. The maximum absolute atomic E-state index is 15.9. The average Bonchev–Trinajstić information content (AvgIpc) is 3.81. The highest BCUT2D eigenvalue weighted by atomic mass is 35.5. The number of H-pyrrole nitrogens is 1. The number of carbonyl (C=O) groups excluding carboxylic acids is 3. The first kappa shape index (κ1) is 38.2. The Morgan fingerprint density at radius 3 is 2.31 bits per heavy atom. The third-order valence-corrected chi connectivity index (χ3v) is 10.6. The predicted octanol–water partition coefficient (Wildman–Crippen LogP) is 6.39. The number of anilines is 1. The lowest BCUT2D eigenvalue weighted by Gasteiger charge is -2.52. The molecule has 52 heavy (non-hydrogen) atoms. The van der Waals surface area contributed by atoms with Gasteiger partial charge in [0.1, 0.15) is 5.82 Å². The molecule has 1 aromatic heterocycles. The Balaban J connectivity index is 1.26. The Morgan fingerprint density at radius 2 is 1.63 bits per heavy atom. The van der Waals surface area contributed by atoms with Gasteiger partial charge >= 0.3 is 12.1 Å². The van der Waals surface area contributed by atoms with Gasteiger partial charge in [0.2, 0.25) is 5.85 Å². The summed E-state index contributed by atoms with van der Waals surface area (Å²) >= 11 is 6.60. The number of fused-ring (bicyclic) bond motifs is 1. The Labute approximate surface area is 304 Å². The monoisotopic (exact) mass is 749 g/mol. The molecule has 0 spiro atoms. The molecule has 1 amide bonds. The van der Waals surface area contributed by atoms with Crippen molar-refractivity contribution in [2.75, 3.05) is 57.7 Å². The standard InChI is InChI=1S/C37H44ClF4N5O5/c1-2-51-35(50)24-9-11-26(12-10-24)52-37(46-13-5-6-14-46,47-17-15-45(16-18-47)23-36(40,41)42)33(48)20-25-19-29(38)32(21-30(25)39)44-34(49)28-22-43-31-8-4-3-7-27(28)31/h3-4,7-8,19,21-22,24,26,43H,2,5-6,9-18,20,23H2,1H3,(H,44,49)/t24-,26-,37?. The van der Waals surface area contributed by atoms with Crippen molar-refractivity contribution in [1.82, 2.24) is 19.7 Å². The number of alkyl halides is 3. The van der Waals surface area contributed by atoms with Crippen molar-refractivity contribution in [2.45, 2.75) is 70.0 Å². The summed E-state index contributed by atoms with van der Waals surface area (Å²) < 4.78 is 67.9. The second-order valence-electron chi connectivity index (χ2n) is 13.7. The first-order valence-electron chi connectivity index (χ1n) is 17.9. The molecule has 3 fully saturated rings. The van der Waals surface area contributed by atoms with Gasteiger partial charge in [0.05, 0.1) is 41.4 Å². The van der Waals surface area contributed by atoms with Gasteiger partial charge < -0.3 is 19.8 Å². The van der Waals surface area contributed by atoms with Crippen LogP contribution in [-0.2, 0) is 25.5 Å². The van der Waals surface area contributed by atoms with Crippen LogP contribution in [-0.4, -0.2) is 108 Å². The molecule has 1 saturated carbocycles. The number of Topliss-reactive ketones (excluding diaryl/α,β-unsaturated/α-hetero) is 1. The van der Waals surface area contributed by atoms with Gasteiger partial charge in [-0.1, -0.05) is 29.8 Å². The molecule has 0 bridgehead atoms. The number of ether oxygens (including phenoxy) is 2. The number of aromatic amines is 1. The Hall–Kier alpha value is -3.56. The largest absolute Gasteiger partial charge is 0.466 e. The lowest BCUT2D eigenvalue weighted by atomic mass is 9.87. The van der Waals surface area contributed by atoms with Crippen LogP contribution in [0.3, 0.4) is 0 Å². The summed E-state index contributed by atoms with van der Waals surface area (Å²) in [6.07, 6.45) is -0.126. The van der Waals surface area contributed by atoms with Crippen LogP contribution in [0.1, 0.15) is 61.4 Å². The van der Waals surface area contributed by atoms with E-state index >= 15 is 4.39 Å². The number of hydrogen-bond acceptors (Lipinski definition) is 8. The number of aromatic nitrogens is 1. The van der Waals surface area contributed by atoms with E-state index in [0.717, 1.165) is 24.4 Å². The summed E-state index contributed by atoms with van der Waals surface area (Å²) in [7, 11) is 0.